The molecule has 2 aliphatic heterocycles. The highest BCUT2D eigenvalue weighted by atomic mass is 16.7. The van der Waals surface area contributed by atoms with Crippen LogP contribution in [0.5, 0.6) is 0 Å². The zero-order valence-corrected chi connectivity index (χ0v) is 26.1. The van der Waals surface area contributed by atoms with Crippen molar-refractivity contribution in [3.63, 3.8) is 0 Å². The van der Waals surface area contributed by atoms with E-state index in [1.165, 1.54) is 17.2 Å². The molecule has 2 aromatic rings. The number of nitrogens with two attached hydrogens (primary N) is 5. The molecule has 5 rings (SSSR count). The van der Waals surface area contributed by atoms with Crippen molar-refractivity contribution in [2.24, 2.45) is 22.9 Å². The summed E-state index contributed by atoms with van der Waals surface area (Å²) in [6.07, 6.45) is -5.45. The van der Waals surface area contributed by atoms with Gasteiger partial charge in [0.15, 0.2) is 24.0 Å². The minimum atomic E-state index is -1.34. The highest BCUT2D eigenvalue weighted by molar-refractivity contribution is 5.81. The van der Waals surface area contributed by atoms with Crippen LogP contribution in [0.2, 0.25) is 0 Å². The van der Waals surface area contributed by atoms with Crippen molar-refractivity contribution >= 4 is 17.0 Å². The Bertz CT molecular complexity index is 1280. The second-order valence-corrected chi connectivity index (χ2v) is 12.4. The number of aromatic nitrogens is 4. The molecule has 3 fully saturated rings. The lowest BCUT2D eigenvalue weighted by Crippen LogP contribution is -2.67. The third-order valence-corrected chi connectivity index (χ3v) is 9.11. The number of aliphatic hydroxyl groups excluding tert-OH is 5. The van der Waals surface area contributed by atoms with E-state index in [9.17, 15) is 25.5 Å². The first-order valence-corrected chi connectivity index (χ1v) is 16.0. The lowest BCUT2D eigenvalue weighted by Gasteiger charge is -2.46. The lowest BCUT2D eigenvalue weighted by molar-refractivity contribution is -0.292. The summed E-state index contributed by atoms with van der Waals surface area (Å²) in [7, 11) is 0. The average molecular weight is 672 g/mol. The fraction of sp³-hybridized carbons (Fsp3) is 0.821. The molecule has 0 spiro atoms. The summed E-state index contributed by atoms with van der Waals surface area (Å²) in [5, 5.41) is 52.6. The Morgan fingerprint density at radius 2 is 1.55 bits per heavy atom. The number of ether oxygens (including phenoxy) is 5. The van der Waals surface area contributed by atoms with Gasteiger partial charge in [-0.15, -0.1) is 0 Å². The lowest BCUT2D eigenvalue weighted by atomic mass is 9.84. The third kappa shape index (κ3) is 7.84. The highest BCUT2D eigenvalue weighted by Gasteiger charge is 2.49. The van der Waals surface area contributed by atoms with Crippen molar-refractivity contribution < 1.29 is 49.2 Å². The van der Waals surface area contributed by atoms with Crippen molar-refractivity contribution in [3.05, 3.63) is 12.7 Å². The maximum Gasteiger partial charge on any atom is 0.176 e. The fourth-order valence-corrected chi connectivity index (χ4v) is 6.32. The van der Waals surface area contributed by atoms with Crippen LogP contribution in [0.15, 0.2) is 12.7 Å². The van der Waals surface area contributed by atoms with Gasteiger partial charge in [0.1, 0.15) is 60.7 Å². The zero-order valence-electron chi connectivity index (χ0n) is 26.1. The van der Waals surface area contributed by atoms with Crippen LogP contribution in [0.25, 0.3) is 11.2 Å². The van der Waals surface area contributed by atoms with Crippen LogP contribution in [0.3, 0.4) is 0 Å². The maximum atomic E-state index is 10.8. The number of nitrogens with zero attached hydrogens (tertiary/aromatic N) is 4. The minimum absolute atomic E-state index is 0.0204. The molecular formula is C28H49N9O10. The molecule has 0 radical (unpaired) electrons. The van der Waals surface area contributed by atoms with Gasteiger partial charge in [0.2, 0.25) is 0 Å². The molecule has 266 valence electrons. The fourth-order valence-electron chi connectivity index (χ4n) is 6.32. The Labute approximate surface area is 271 Å². The Morgan fingerprint density at radius 1 is 0.809 bits per heavy atom. The van der Waals surface area contributed by atoms with Crippen LogP contribution >= 0.6 is 0 Å². The van der Waals surface area contributed by atoms with E-state index in [1.807, 2.05) is 0 Å². The number of imidazole rings is 1. The van der Waals surface area contributed by atoms with Crippen LogP contribution in [0.4, 0.5) is 5.82 Å². The number of fused-ring (bicyclic) bond motifs is 1. The molecule has 1 saturated carbocycles. The first kappa shape index (κ1) is 36.1. The van der Waals surface area contributed by atoms with Gasteiger partial charge in [-0.2, -0.15) is 0 Å². The van der Waals surface area contributed by atoms with Gasteiger partial charge in [-0.05, 0) is 19.3 Å². The monoisotopic (exact) mass is 671 g/mol. The number of anilines is 1. The molecule has 1 aliphatic carbocycles. The summed E-state index contributed by atoms with van der Waals surface area (Å²) in [6, 6.07) is -2.27. The van der Waals surface area contributed by atoms with E-state index in [4.69, 9.17) is 52.4 Å². The Kier molecular flexibility index (Phi) is 12.3. The van der Waals surface area contributed by atoms with Gasteiger partial charge in [0.05, 0.1) is 25.1 Å². The smallest absolute Gasteiger partial charge is 0.176 e. The third-order valence-electron chi connectivity index (χ3n) is 9.11. The molecule has 0 unspecified atom stereocenters. The number of aliphatic hydroxyl groups is 5. The molecule has 19 heteroatoms. The van der Waals surface area contributed by atoms with E-state index in [0.717, 1.165) is 19.3 Å². The van der Waals surface area contributed by atoms with Crippen molar-refractivity contribution in [2.75, 3.05) is 32.1 Å². The topological polar surface area (TPSA) is 321 Å². The SMILES string of the molecule is NC[C@H]1O[C@@H](O[C@@H]2[C@@H](O)[C@H](O)[C@@H](N)C[C@H]2N)[C@H](N)[C@@H](OCCCCCCOC[C@H]2O[C@@H](n3cnc4c(N)ncnc43)[C@H](O)[C@@H]2O)[C@@H]1O. The van der Waals surface area contributed by atoms with E-state index in [2.05, 4.69) is 15.0 Å². The Hall–Kier alpha value is -2.21. The molecule has 19 nitrogen and oxygen atoms in total. The Morgan fingerprint density at radius 3 is 2.30 bits per heavy atom. The standard InChI is InChI=1S/C28H49N9O10/c29-8-14-20(40)24(16(32)28(46-14)47-23-13(31)7-12(30)18(38)21(23)41)44-6-4-2-1-3-5-43-9-15-19(39)22(42)27(45-15)37-11-36-17-25(33)34-10-35-26(17)37/h10-16,18-24,27-28,38-42H,1-9,29-32H2,(H2,33,34,35)/t12-,13+,14+,15+,16+,18+,19+,20+,21-,22+,23-,24+,27+,28-/m0/s1. The van der Waals surface area contributed by atoms with Crippen molar-refractivity contribution in [3.8, 4) is 0 Å². The average Bonchev–Trinajstić information content (AvgIpc) is 3.60. The normalized spacial score (nSPS) is 39.5. The maximum absolute atomic E-state index is 10.8. The van der Waals surface area contributed by atoms with E-state index in [-0.39, 0.29) is 25.4 Å². The second-order valence-electron chi connectivity index (χ2n) is 12.4. The van der Waals surface area contributed by atoms with Crippen molar-refractivity contribution in [1.29, 1.82) is 0 Å². The molecule has 4 heterocycles. The zero-order chi connectivity index (χ0) is 33.8. The first-order chi connectivity index (χ1) is 22.5. The van der Waals surface area contributed by atoms with Gasteiger partial charge in [-0.25, -0.2) is 15.0 Å². The predicted molar refractivity (Wildman–Crippen MR) is 164 cm³/mol. The number of hydrogen-bond acceptors (Lipinski definition) is 18. The van der Waals surface area contributed by atoms with Crippen LogP contribution in [0, 0.1) is 0 Å². The van der Waals surface area contributed by atoms with E-state index < -0.39 is 85.6 Å². The van der Waals surface area contributed by atoms with Crippen molar-refractivity contribution in [1.82, 2.24) is 19.5 Å². The molecule has 0 amide bonds. The van der Waals surface area contributed by atoms with Crippen LogP contribution in [-0.2, 0) is 23.7 Å². The molecular weight excluding hydrogens is 622 g/mol. The quantitative estimate of drug-likeness (QED) is 0.0846. The van der Waals surface area contributed by atoms with Crippen LogP contribution < -0.4 is 28.7 Å². The van der Waals surface area contributed by atoms with Crippen molar-refractivity contribution in [2.45, 2.75) is 118 Å². The molecule has 2 aromatic heterocycles. The van der Waals surface area contributed by atoms with Gasteiger partial charge in [0, 0.05) is 31.8 Å². The van der Waals surface area contributed by atoms with Crippen LogP contribution in [-0.4, -0.2) is 151 Å². The van der Waals surface area contributed by atoms with E-state index in [0.29, 0.717) is 30.8 Å². The summed E-state index contributed by atoms with van der Waals surface area (Å²) in [5.74, 6) is 0.201. The van der Waals surface area contributed by atoms with Crippen LogP contribution in [0.1, 0.15) is 38.3 Å². The second kappa shape index (κ2) is 16.0. The number of unbranched alkanes of at least 4 members (excludes halogenated alkanes) is 3. The van der Waals surface area contributed by atoms with Gasteiger partial charge in [-0.1, -0.05) is 12.8 Å². The summed E-state index contributed by atoms with van der Waals surface area (Å²) in [5.41, 5.74) is 30.8. The Balaban J connectivity index is 1.00. The molecule has 14 atom stereocenters. The highest BCUT2D eigenvalue weighted by Crippen LogP contribution is 2.32. The number of hydrogen-bond donors (Lipinski definition) is 10. The molecule has 47 heavy (non-hydrogen) atoms. The number of nitrogen functional groups attached to an aromatic ring is 1. The molecule has 0 bridgehead atoms. The van der Waals surface area contributed by atoms with E-state index in [1.54, 1.807) is 0 Å². The molecule has 15 N–H and O–H groups in total. The molecule has 0 aromatic carbocycles. The summed E-state index contributed by atoms with van der Waals surface area (Å²) in [4.78, 5) is 12.2. The summed E-state index contributed by atoms with van der Waals surface area (Å²) < 4.78 is 30.8. The minimum Gasteiger partial charge on any atom is -0.389 e. The van der Waals surface area contributed by atoms with E-state index >= 15 is 0 Å². The predicted octanol–water partition coefficient (Wildman–Crippen LogP) is -4.47. The largest absolute Gasteiger partial charge is 0.389 e. The number of rotatable bonds is 14. The molecule has 2 saturated heterocycles. The van der Waals surface area contributed by atoms with Gasteiger partial charge >= 0.3 is 0 Å². The van der Waals surface area contributed by atoms with Gasteiger partial charge < -0.3 is 77.9 Å². The molecule has 3 aliphatic rings. The summed E-state index contributed by atoms with van der Waals surface area (Å²) >= 11 is 0. The summed E-state index contributed by atoms with van der Waals surface area (Å²) in [6.45, 7) is 0.788. The first-order valence-electron chi connectivity index (χ1n) is 16.0. The van der Waals surface area contributed by atoms with Gasteiger partial charge in [-0.3, -0.25) is 4.57 Å². The van der Waals surface area contributed by atoms with Gasteiger partial charge in [0.25, 0.3) is 0 Å².